The molecule has 0 radical (unpaired) electrons. The van der Waals surface area contributed by atoms with Crippen molar-refractivity contribution in [2.45, 2.75) is 115 Å². The lowest BCUT2D eigenvalue weighted by atomic mass is 9.40. The highest BCUT2D eigenvalue weighted by atomic mass is 16.3. The normalized spacial score (nSPS) is 45.7. The van der Waals surface area contributed by atoms with Crippen LogP contribution in [0.15, 0.2) is 46.9 Å². The van der Waals surface area contributed by atoms with Gasteiger partial charge in [0.05, 0.1) is 0 Å². The third kappa shape index (κ3) is 4.00. The Labute approximate surface area is 259 Å². The molecule has 7 fully saturated rings. The summed E-state index contributed by atoms with van der Waals surface area (Å²) in [6, 6.07) is 15.8. The first kappa shape index (κ1) is 26.5. The van der Waals surface area contributed by atoms with Gasteiger partial charge in [-0.3, -0.25) is 0 Å². The monoisotopic (exact) mass is 574 g/mol. The van der Waals surface area contributed by atoms with Gasteiger partial charge in [0, 0.05) is 10.8 Å². The second kappa shape index (κ2) is 10.4. The molecule has 10 rings (SSSR count). The zero-order chi connectivity index (χ0) is 28.1. The molecule has 13 atom stereocenters. The molecule has 0 N–H and O–H groups in total. The first-order valence-electron chi connectivity index (χ1n) is 19.2. The second-order valence-electron chi connectivity index (χ2n) is 17.1. The molecule has 0 amide bonds. The van der Waals surface area contributed by atoms with Crippen molar-refractivity contribution >= 4 is 21.9 Å². The lowest BCUT2D eigenvalue weighted by Crippen LogP contribution is -2.57. The average Bonchev–Trinajstić information content (AvgIpc) is 3.47. The summed E-state index contributed by atoms with van der Waals surface area (Å²) >= 11 is 0. The van der Waals surface area contributed by atoms with Crippen molar-refractivity contribution in [3.8, 4) is 0 Å². The van der Waals surface area contributed by atoms with E-state index < -0.39 is 0 Å². The van der Waals surface area contributed by atoms with E-state index in [1.165, 1.54) is 54.0 Å². The summed E-state index contributed by atoms with van der Waals surface area (Å²) in [5, 5.41) is 2.64. The fraction of sp³-hybridized carbons (Fsp3) is 0.714. The zero-order valence-corrected chi connectivity index (χ0v) is 26.5. The van der Waals surface area contributed by atoms with Crippen LogP contribution in [0.3, 0.4) is 0 Å². The Kier molecular flexibility index (Phi) is 6.39. The Hall–Kier alpha value is -1.76. The van der Waals surface area contributed by atoms with Crippen molar-refractivity contribution in [1.82, 2.24) is 0 Å². The highest BCUT2D eigenvalue weighted by molar-refractivity contribution is 6.05. The first-order chi connectivity index (χ1) is 21.3. The molecule has 1 heterocycles. The molecule has 0 saturated heterocycles. The molecule has 1 heteroatoms. The topological polar surface area (TPSA) is 13.1 Å². The smallest absolute Gasteiger partial charge is 0.138 e. The van der Waals surface area contributed by atoms with Gasteiger partial charge in [0.1, 0.15) is 11.2 Å². The Morgan fingerprint density at radius 1 is 0.395 bits per heavy atom. The SMILES string of the molecule is c1ccc2c(c1)oc1c(C3CCC4C(C3)C3CCCCC3C3CC5C6CCCCC6C6CCCCC6C5CC43)cccc12. The van der Waals surface area contributed by atoms with Crippen molar-refractivity contribution in [3.05, 3.63) is 48.0 Å². The van der Waals surface area contributed by atoms with E-state index in [0.29, 0.717) is 5.92 Å². The van der Waals surface area contributed by atoms with Crippen LogP contribution in [0, 0.1) is 71.0 Å². The van der Waals surface area contributed by atoms with Gasteiger partial charge >= 0.3 is 0 Å². The minimum absolute atomic E-state index is 0.682. The van der Waals surface area contributed by atoms with Crippen LogP contribution in [0.2, 0.25) is 0 Å². The molecule has 0 bridgehead atoms. The second-order valence-corrected chi connectivity index (χ2v) is 17.1. The highest BCUT2D eigenvalue weighted by Gasteiger charge is 2.59. The summed E-state index contributed by atoms with van der Waals surface area (Å²) in [7, 11) is 0. The van der Waals surface area contributed by atoms with Crippen molar-refractivity contribution < 1.29 is 4.42 Å². The van der Waals surface area contributed by atoms with Gasteiger partial charge in [-0.15, -0.1) is 0 Å². The molecule has 13 unspecified atom stereocenters. The summed E-state index contributed by atoms with van der Waals surface area (Å²) in [6.45, 7) is 0. The molecule has 1 nitrogen and oxygen atoms in total. The van der Waals surface area contributed by atoms with Gasteiger partial charge in [-0.2, -0.15) is 0 Å². The Morgan fingerprint density at radius 3 is 1.44 bits per heavy atom. The van der Waals surface area contributed by atoms with Crippen LogP contribution in [-0.2, 0) is 0 Å². The molecule has 7 aliphatic rings. The average molecular weight is 575 g/mol. The predicted molar refractivity (Wildman–Crippen MR) is 177 cm³/mol. The molecule has 1 aromatic heterocycles. The van der Waals surface area contributed by atoms with E-state index in [4.69, 9.17) is 4.42 Å². The number of benzene rings is 2. The molecule has 43 heavy (non-hydrogen) atoms. The van der Waals surface area contributed by atoms with Crippen LogP contribution in [0.1, 0.15) is 121 Å². The largest absolute Gasteiger partial charge is 0.456 e. The maximum atomic E-state index is 6.62. The summed E-state index contributed by atoms with van der Waals surface area (Å²) in [5.41, 5.74) is 3.80. The van der Waals surface area contributed by atoms with Gasteiger partial charge in [-0.05, 0) is 159 Å². The van der Waals surface area contributed by atoms with Gasteiger partial charge in [0.25, 0.3) is 0 Å². The van der Waals surface area contributed by atoms with E-state index in [-0.39, 0.29) is 0 Å². The summed E-state index contributed by atoms with van der Waals surface area (Å²) < 4.78 is 6.62. The van der Waals surface area contributed by atoms with Gasteiger partial charge in [-0.25, -0.2) is 0 Å². The van der Waals surface area contributed by atoms with Crippen LogP contribution >= 0.6 is 0 Å². The molecule has 2 aromatic carbocycles. The van der Waals surface area contributed by atoms with Gasteiger partial charge in [0.15, 0.2) is 0 Å². The minimum Gasteiger partial charge on any atom is -0.456 e. The standard InChI is InChI=1S/C42H54O/c1-3-12-29-27(10-1)28-11-2-4-13-30(28)38-24-40-33-21-20-25(22-36(33)31-14-5-6-15-32(31)39(40)23-37(29)38)26-17-9-18-35-34-16-7-8-19-41(34)43-42(26)35/h7-9,16-19,25,27-33,36-40H,1-6,10-15,20-24H2. The number of hydrogen-bond donors (Lipinski definition) is 0. The molecule has 7 aliphatic carbocycles. The Bertz CT molecular complexity index is 1480. The van der Waals surface area contributed by atoms with Gasteiger partial charge < -0.3 is 4.42 Å². The van der Waals surface area contributed by atoms with Crippen molar-refractivity contribution in [2.75, 3.05) is 0 Å². The number of hydrogen-bond acceptors (Lipinski definition) is 1. The van der Waals surface area contributed by atoms with E-state index in [1.54, 1.807) is 77.0 Å². The molecule has 0 aliphatic heterocycles. The van der Waals surface area contributed by atoms with Crippen molar-refractivity contribution in [3.63, 3.8) is 0 Å². The van der Waals surface area contributed by atoms with Crippen LogP contribution in [0.5, 0.6) is 0 Å². The molecule has 3 aromatic rings. The maximum absolute atomic E-state index is 6.62. The Balaban J connectivity index is 0.988. The quantitative estimate of drug-likeness (QED) is 0.282. The maximum Gasteiger partial charge on any atom is 0.138 e. The summed E-state index contributed by atoms with van der Waals surface area (Å²) in [4.78, 5) is 0. The van der Waals surface area contributed by atoms with Crippen LogP contribution in [-0.4, -0.2) is 0 Å². The summed E-state index contributed by atoms with van der Waals surface area (Å²) in [6.07, 6.45) is 26.3. The third-order valence-corrected chi connectivity index (χ3v) is 15.9. The van der Waals surface area contributed by atoms with E-state index in [9.17, 15) is 0 Å². The lowest BCUT2D eigenvalue weighted by molar-refractivity contribution is -0.155. The van der Waals surface area contributed by atoms with Crippen LogP contribution in [0.4, 0.5) is 0 Å². The molecule has 228 valence electrons. The van der Waals surface area contributed by atoms with Crippen molar-refractivity contribution in [2.24, 2.45) is 71.0 Å². The fourth-order valence-corrected chi connectivity index (χ4v) is 14.7. The Morgan fingerprint density at radius 2 is 0.860 bits per heavy atom. The number of fused-ring (bicyclic) bond motifs is 15. The fourth-order valence-electron chi connectivity index (χ4n) is 14.7. The van der Waals surface area contributed by atoms with Gasteiger partial charge in [0.2, 0.25) is 0 Å². The lowest BCUT2D eigenvalue weighted by Gasteiger charge is -2.65. The highest BCUT2D eigenvalue weighted by Crippen LogP contribution is 2.67. The van der Waals surface area contributed by atoms with E-state index in [2.05, 4.69) is 42.5 Å². The number of furan rings is 1. The zero-order valence-electron chi connectivity index (χ0n) is 26.5. The predicted octanol–water partition coefficient (Wildman–Crippen LogP) is 11.8. The van der Waals surface area contributed by atoms with Gasteiger partial charge in [-0.1, -0.05) is 74.9 Å². The van der Waals surface area contributed by atoms with E-state index in [1.807, 2.05) is 0 Å². The first-order valence-corrected chi connectivity index (χ1v) is 19.2. The van der Waals surface area contributed by atoms with Crippen molar-refractivity contribution in [1.29, 1.82) is 0 Å². The molecule has 0 spiro atoms. The van der Waals surface area contributed by atoms with E-state index in [0.717, 1.165) is 76.6 Å². The van der Waals surface area contributed by atoms with Crippen LogP contribution in [0.25, 0.3) is 21.9 Å². The third-order valence-electron chi connectivity index (χ3n) is 15.9. The number of para-hydroxylation sites is 2. The molecular weight excluding hydrogens is 520 g/mol. The van der Waals surface area contributed by atoms with E-state index >= 15 is 0 Å². The minimum atomic E-state index is 0.682. The van der Waals surface area contributed by atoms with Crippen LogP contribution < -0.4 is 0 Å². The summed E-state index contributed by atoms with van der Waals surface area (Å²) in [5.74, 6) is 13.5. The molecular formula is C42H54O. The number of rotatable bonds is 1. The molecule has 7 saturated carbocycles.